The molecule has 1 aliphatic rings. The quantitative estimate of drug-likeness (QED) is 0.800. The number of likely N-dealkylation sites (tertiary alicyclic amines) is 1. The second-order valence-corrected chi connectivity index (χ2v) is 7.61. The first-order valence-electron chi connectivity index (χ1n) is 8.82. The zero-order valence-corrected chi connectivity index (χ0v) is 15.9. The monoisotopic (exact) mass is 336 g/mol. The Balaban J connectivity index is 2.48. The molecule has 0 bridgehead atoms. The SMILES string of the molecule is CC(C)N(C)C(=O)C1CCN(CC(=O)NC(C)(C#N)C(C)C)CC1. The van der Waals surface area contributed by atoms with Gasteiger partial charge in [0.05, 0.1) is 12.6 Å². The fourth-order valence-electron chi connectivity index (χ4n) is 2.71. The number of hydrogen-bond acceptors (Lipinski definition) is 4. The molecule has 1 heterocycles. The maximum atomic E-state index is 12.4. The van der Waals surface area contributed by atoms with Crippen LogP contribution in [0.2, 0.25) is 0 Å². The van der Waals surface area contributed by atoms with Crippen molar-refractivity contribution < 1.29 is 9.59 Å². The standard InChI is InChI=1S/C18H32N4O2/c1-13(2)18(5,12-19)20-16(23)11-22-9-7-15(8-10-22)17(24)21(6)14(3)4/h13-15H,7-11H2,1-6H3,(H,20,23). The summed E-state index contributed by atoms with van der Waals surface area (Å²) in [6.07, 6.45) is 1.56. The normalized spacial score (nSPS) is 19.0. The molecule has 1 atom stereocenters. The minimum Gasteiger partial charge on any atom is -0.343 e. The smallest absolute Gasteiger partial charge is 0.235 e. The number of carbonyl (C=O) groups excluding carboxylic acids is 2. The fraction of sp³-hybridized carbons (Fsp3) is 0.833. The average molecular weight is 336 g/mol. The zero-order chi connectivity index (χ0) is 18.5. The van der Waals surface area contributed by atoms with Crippen LogP contribution in [0.1, 0.15) is 47.5 Å². The highest BCUT2D eigenvalue weighted by Crippen LogP contribution is 2.20. The summed E-state index contributed by atoms with van der Waals surface area (Å²) < 4.78 is 0. The van der Waals surface area contributed by atoms with Crippen molar-refractivity contribution in [3.63, 3.8) is 0 Å². The summed E-state index contributed by atoms with van der Waals surface area (Å²) in [5.41, 5.74) is -0.842. The van der Waals surface area contributed by atoms with E-state index in [0.717, 1.165) is 25.9 Å². The Labute approximate surface area is 146 Å². The predicted octanol–water partition coefficient (Wildman–Crippen LogP) is 1.62. The highest BCUT2D eigenvalue weighted by molar-refractivity contribution is 5.80. The summed E-state index contributed by atoms with van der Waals surface area (Å²) in [7, 11) is 1.85. The van der Waals surface area contributed by atoms with Gasteiger partial charge in [0.2, 0.25) is 11.8 Å². The van der Waals surface area contributed by atoms with Crippen molar-refractivity contribution in [2.24, 2.45) is 11.8 Å². The maximum absolute atomic E-state index is 12.4. The Bertz CT molecular complexity index is 490. The summed E-state index contributed by atoms with van der Waals surface area (Å²) in [4.78, 5) is 28.4. The maximum Gasteiger partial charge on any atom is 0.235 e. The molecule has 1 fully saturated rings. The van der Waals surface area contributed by atoms with E-state index in [1.807, 2.05) is 34.7 Å². The van der Waals surface area contributed by atoms with Crippen LogP contribution in [0.5, 0.6) is 0 Å². The molecule has 1 saturated heterocycles. The number of amides is 2. The van der Waals surface area contributed by atoms with E-state index in [-0.39, 0.29) is 36.2 Å². The Morgan fingerprint density at radius 3 is 2.25 bits per heavy atom. The molecule has 6 heteroatoms. The molecule has 0 spiro atoms. The van der Waals surface area contributed by atoms with Crippen LogP contribution in [0.4, 0.5) is 0 Å². The van der Waals surface area contributed by atoms with Gasteiger partial charge in [0.1, 0.15) is 5.54 Å². The van der Waals surface area contributed by atoms with Crippen LogP contribution < -0.4 is 5.32 Å². The van der Waals surface area contributed by atoms with Gasteiger partial charge in [-0.2, -0.15) is 5.26 Å². The average Bonchev–Trinajstić information content (AvgIpc) is 2.53. The highest BCUT2D eigenvalue weighted by Gasteiger charge is 2.32. The largest absolute Gasteiger partial charge is 0.343 e. The fourth-order valence-corrected chi connectivity index (χ4v) is 2.71. The number of hydrogen-bond donors (Lipinski definition) is 1. The van der Waals surface area contributed by atoms with E-state index >= 15 is 0 Å². The van der Waals surface area contributed by atoms with Gasteiger partial charge in [-0.15, -0.1) is 0 Å². The van der Waals surface area contributed by atoms with E-state index in [2.05, 4.69) is 16.3 Å². The second-order valence-electron chi connectivity index (χ2n) is 7.61. The number of rotatable bonds is 6. The van der Waals surface area contributed by atoms with Gasteiger partial charge >= 0.3 is 0 Å². The molecule has 1 aliphatic heterocycles. The lowest BCUT2D eigenvalue weighted by Gasteiger charge is -2.34. The lowest BCUT2D eigenvalue weighted by molar-refractivity contribution is -0.137. The van der Waals surface area contributed by atoms with Crippen LogP contribution in [0.3, 0.4) is 0 Å². The lowest BCUT2D eigenvalue weighted by Crippen LogP contribution is -2.53. The molecule has 0 saturated carbocycles. The number of nitrogens with one attached hydrogen (secondary N) is 1. The summed E-state index contributed by atoms with van der Waals surface area (Å²) in [6, 6.07) is 2.40. The van der Waals surface area contributed by atoms with E-state index in [1.54, 1.807) is 11.8 Å². The Morgan fingerprint density at radius 2 is 1.83 bits per heavy atom. The molecule has 2 amide bonds. The van der Waals surface area contributed by atoms with Crippen molar-refractivity contribution in [3.8, 4) is 6.07 Å². The number of nitriles is 1. The Hall–Kier alpha value is -1.61. The minimum atomic E-state index is -0.842. The summed E-state index contributed by atoms with van der Waals surface area (Å²) in [5.74, 6) is 0.168. The van der Waals surface area contributed by atoms with Gasteiger partial charge < -0.3 is 10.2 Å². The number of nitrogens with zero attached hydrogens (tertiary/aromatic N) is 3. The van der Waals surface area contributed by atoms with E-state index < -0.39 is 5.54 Å². The Morgan fingerprint density at radius 1 is 1.29 bits per heavy atom. The molecular formula is C18H32N4O2. The first-order chi connectivity index (χ1) is 11.1. The first kappa shape index (κ1) is 20.4. The molecular weight excluding hydrogens is 304 g/mol. The van der Waals surface area contributed by atoms with E-state index in [9.17, 15) is 14.9 Å². The van der Waals surface area contributed by atoms with Gasteiger partial charge in [-0.3, -0.25) is 14.5 Å². The molecule has 136 valence electrons. The second kappa shape index (κ2) is 8.48. The van der Waals surface area contributed by atoms with Gasteiger partial charge in [-0.05, 0) is 52.6 Å². The Kier molecular flexibility index (Phi) is 7.22. The summed E-state index contributed by atoms with van der Waals surface area (Å²) >= 11 is 0. The molecule has 0 aliphatic carbocycles. The van der Waals surface area contributed by atoms with Gasteiger partial charge in [0.15, 0.2) is 0 Å². The van der Waals surface area contributed by atoms with Crippen molar-refractivity contribution in [2.75, 3.05) is 26.7 Å². The molecule has 0 aromatic carbocycles. The summed E-state index contributed by atoms with van der Waals surface area (Å²) in [5, 5.41) is 12.1. The topological polar surface area (TPSA) is 76.4 Å². The van der Waals surface area contributed by atoms with Crippen LogP contribution in [0, 0.1) is 23.2 Å². The van der Waals surface area contributed by atoms with Gasteiger partial charge in [0.25, 0.3) is 0 Å². The van der Waals surface area contributed by atoms with Crippen LogP contribution in [-0.2, 0) is 9.59 Å². The third kappa shape index (κ3) is 5.20. The van der Waals surface area contributed by atoms with Gasteiger partial charge in [0, 0.05) is 19.0 Å². The molecule has 1 N–H and O–H groups in total. The number of carbonyl (C=O) groups is 2. The molecule has 1 rings (SSSR count). The van der Waals surface area contributed by atoms with E-state index in [1.165, 1.54) is 0 Å². The van der Waals surface area contributed by atoms with Crippen molar-refractivity contribution in [2.45, 2.75) is 59.0 Å². The van der Waals surface area contributed by atoms with E-state index in [4.69, 9.17) is 0 Å². The molecule has 0 radical (unpaired) electrons. The zero-order valence-electron chi connectivity index (χ0n) is 15.9. The highest BCUT2D eigenvalue weighted by atomic mass is 16.2. The van der Waals surface area contributed by atoms with Crippen LogP contribution >= 0.6 is 0 Å². The number of piperidine rings is 1. The summed E-state index contributed by atoms with van der Waals surface area (Å²) in [6.45, 7) is 11.4. The van der Waals surface area contributed by atoms with Crippen molar-refractivity contribution in [3.05, 3.63) is 0 Å². The van der Waals surface area contributed by atoms with Gasteiger partial charge in [-0.1, -0.05) is 13.8 Å². The lowest BCUT2D eigenvalue weighted by atomic mass is 9.90. The van der Waals surface area contributed by atoms with E-state index in [0.29, 0.717) is 0 Å². The molecule has 0 aromatic rings. The predicted molar refractivity (Wildman–Crippen MR) is 94.1 cm³/mol. The minimum absolute atomic E-state index is 0.0429. The molecule has 0 aromatic heterocycles. The molecule has 1 unspecified atom stereocenters. The van der Waals surface area contributed by atoms with Crippen molar-refractivity contribution in [1.82, 2.24) is 15.1 Å². The van der Waals surface area contributed by atoms with Crippen LogP contribution in [0.25, 0.3) is 0 Å². The third-order valence-electron chi connectivity index (χ3n) is 5.21. The van der Waals surface area contributed by atoms with Crippen LogP contribution in [0.15, 0.2) is 0 Å². The third-order valence-corrected chi connectivity index (χ3v) is 5.21. The first-order valence-corrected chi connectivity index (χ1v) is 8.82. The molecule has 24 heavy (non-hydrogen) atoms. The van der Waals surface area contributed by atoms with Crippen LogP contribution in [-0.4, -0.2) is 59.9 Å². The van der Waals surface area contributed by atoms with Gasteiger partial charge in [-0.25, -0.2) is 0 Å². The van der Waals surface area contributed by atoms with Crippen molar-refractivity contribution >= 4 is 11.8 Å². The molecule has 6 nitrogen and oxygen atoms in total. The van der Waals surface area contributed by atoms with Crippen molar-refractivity contribution in [1.29, 1.82) is 5.26 Å².